The fourth-order valence-electron chi connectivity index (χ4n) is 3.17. The van der Waals surface area contributed by atoms with Gasteiger partial charge in [0.05, 0.1) is 12.8 Å². The van der Waals surface area contributed by atoms with Gasteiger partial charge in [0.25, 0.3) is 5.91 Å². The van der Waals surface area contributed by atoms with Crippen molar-refractivity contribution in [3.8, 4) is 0 Å². The Kier molecular flexibility index (Phi) is 4.11. The van der Waals surface area contributed by atoms with E-state index in [9.17, 15) is 9.59 Å². The predicted molar refractivity (Wildman–Crippen MR) is 91.8 cm³/mol. The smallest absolute Gasteiger partial charge is 0.290 e. The Morgan fingerprint density at radius 2 is 1.84 bits per heavy atom. The van der Waals surface area contributed by atoms with Crippen LogP contribution < -0.4 is 0 Å². The second kappa shape index (κ2) is 6.43. The zero-order valence-corrected chi connectivity index (χ0v) is 14.4. The van der Waals surface area contributed by atoms with Crippen molar-refractivity contribution in [1.82, 2.24) is 14.4 Å². The van der Waals surface area contributed by atoms with Gasteiger partial charge in [-0.05, 0) is 49.9 Å². The largest absolute Gasteiger partial charge is 0.459 e. The normalized spacial score (nSPS) is 16.7. The molecule has 0 saturated heterocycles. The molecule has 2 aromatic rings. The average Bonchev–Trinajstić information content (AvgIpc) is 3.52. The number of amides is 2. The van der Waals surface area contributed by atoms with Crippen molar-refractivity contribution in [3.63, 3.8) is 0 Å². The molecule has 25 heavy (non-hydrogen) atoms. The molecule has 2 aliphatic carbocycles. The fourth-order valence-corrected chi connectivity index (χ4v) is 3.17. The van der Waals surface area contributed by atoms with Crippen LogP contribution in [0.15, 0.2) is 41.1 Å². The first-order valence-corrected chi connectivity index (χ1v) is 8.87. The molecule has 0 spiro atoms. The summed E-state index contributed by atoms with van der Waals surface area (Å²) in [4.78, 5) is 29.2. The topological polar surface area (TPSA) is 58.7 Å². The van der Waals surface area contributed by atoms with Crippen molar-refractivity contribution in [2.75, 3.05) is 6.54 Å². The van der Waals surface area contributed by atoms with Gasteiger partial charge in [-0.3, -0.25) is 9.59 Å². The minimum atomic E-state index is -0.185. The van der Waals surface area contributed by atoms with Crippen molar-refractivity contribution < 1.29 is 14.0 Å². The maximum atomic E-state index is 13.0. The monoisotopic (exact) mass is 341 g/mol. The van der Waals surface area contributed by atoms with Gasteiger partial charge in [0.1, 0.15) is 6.54 Å². The summed E-state index contributed by atoms with van der Waals surface area (Å²) in [5.41, 5.74) is 1.11. The summed E-state index contributed by atoms with van der Waals surface area (Å²) in [5.74, 6) is 0.145. The van der Waals surface area contributed by atoms with Gasteiger partial charge in [-0.15, -0.1) is 0 Å². The highest BCUT2D eigenvalue weighted by atomic mass is 16.3. The van der Waals surface area contributed by atoms with Crippen molar-refractivity contribution in [3.05, 3.63) is 48.2 Å². The van der Waals surface area contributed by atoms with Crippen molar-refractivity contribution in [2.24, 2.45) is 7.05 Å². The van der Waals surface area contributed by atoms with Crippen LogP contribution in [0.2, 0.25) is 0 Å². The van der Waals surface area contributed by atoms with Crippen molar-refractivity contribution in [1.29, 1.82) is 0 Å². The number of furan rings is 1. The second-order valence-corrected chi connectivity index (χ2v) is 7.00. The van der Waals surface area contributed by atoms with Crippen LogP contribution in [0.1, 0.15) is 41.9 Å². The molecule has 0 atom stereocenters. The molecule has 4 rings (SSSR count). The molecule has 2 aliphatic rings. The molecule has 2 fully saturated rings. The summed E-state index contributed by atoms with van der Waals surface area (Å²) in [5, 5.41) is 0. The predicted octanol–water partition coefficient (Wildman–Crippen LogP) is 2.41. The summed E-state index contributed by atoms with van der Waals surface area (Å²) in [7, 11) is 1.99. The van der Waals surface area contributed by atoms with Crippen LogP contribution in [0.5, 0.6) is 0 Å². The zero-order chi connectivity index (χ0) is 17.4. The SMILES string of the molecule is Cn1cccc1CN(C(=O)CN(C(=O)c1ccco1)C1CC1)C1CC1. The zero-order valence-electron chi connectivity index (χ0n) is 14.4. The van der Waals surface area contributed by atoms with Crippen LogP contribution in [0.3, 0.4) is 0 Å². The van der Waals surface area contributed by atoms with Crippen LogP contribution in [-0.2, 0) is 18.4 Å². The molecular formula is C19H23N3O3. The molecule has 6 heteroatoms. The Hall–Kier alpha value is -2.50. The van der Waals surface area contributed by atoms with Crippen LogP contribution in [0.4, 0.5) is 0 Å². The first-order chi connectivity index (χ1) is 12.1. The van der Waals surface area contributed by atoms with E-state index in [2.05, 4.69) is 0 Å². The molecule has 6 nitrogen and oxygen atoms in total. The number of carbonyl (C=O) groups is 2. The van der Waals surface area contributed by atoms with Gasteiger partial charge in [0, 0.05) is 31.0 Å². The molecule has 0 radical (unpaired) electrons. The van der Waals surface area contributed by atoms with E-state index in [4.69, 9.17) is 4.42 Å². The number of hydrogen-bond acceptors (Lipinski definition) is 3. The quantitative estimate of drug-likeness (QED) is 0.777. The molecule has 2 saturated carbocycles. The molecule has 0 N–H and O–H groups in total. The van der Waals surface area contributed by atoms with E-state index in [0.29, 0.717) is 18.3 Å². The maximum Gasteiger partial charge on any atom is 0.290 e. The highest BCUT2D eigenvalue weighted by Gasteiger charge is 2.39. The molecule has 2 heterocycles. The minimum Gasteiger partial charge on any atom is -0.459 e. The van der Waals surface area contributed by atoms with Crippen LogP contribution in [0, 0.1) is 0 Å². The van der Waals surface area contributed by atoms with Gasteiger partial charge in [-0.1, -0.05) is 0 Å². The number of nitrogens with zero attached hydrogens (tertiary/aromatic N) is 3. The first-order valence-electron chi connectivity index (χ1n) is 8.87. The molecule has 0 unspecified atom stereocenters. The maximum absolute atomic E-state index is 13.0. The molecule has 2 amide bonds. The van der Waals surface area contributed by atoms with Gasteiger partial charge in [-0.25, -0.2) is 0 Å². The van der Waals surface area contributed by atoms with Gasteiger partial charge >= 0.3 is 0 Å². The molecule has 0 bridgehead atoms. The third-order valence-corrected chi connectivity index (χ3v) is 4.98. The summed E-state index contributed by atoms with van der Waals surface area (Å²) in [6.45, 7) is 0.728. The third-order valence-electron chi connectivity index (χ3n) is 4.98. The van der Waals surface area contributed by atoms with E-state index >= 15 is 0 Å². The summed E-state index contributed by atoms with van der Waals surface area (Å²) >= 11 is 0. The lowest BCUT2D eigenvalue weighted by molar-refractivity contribution is -0.133. The van der Waals surface area contributed by atoms with Crippen LogP contribution in [0.25, 0.3) is 0 Å². The Labute approximate surface area is 147 Å². The number of hydrogen-bond donors (Lipinski definition) is 0. The van der Waals surface area contributed by atoms with Crippen molar-refractivity contribution >= 4 is 11.8 Å². The number of rotatable bonds is 7. The van der Waals surface area contributed by atoms with E-state index in [1.807, 2.05) is 34.8 Å². The highest BCUT2D eigenvalue weighted by molar-refractivity contribution is 5.94. The van der Waals surface area contributed by atoms with Gasteiger partial charge < -0.3 is 18.8 Å². The lowest BCUT2D eigenvalue weighted by Gasteiger charge is -2.27. The fraction of sp³-hybridized carbons (Fsp3) is 0.474. The minimum absolute atomic E-state index is 0.0236. The molecule has 0 aromatic carbocycles. The van der Waals surface area contributed by atoms with E-state index in [-0.39, 0.29) is 24.4 Å². The van der Waals surface area contributed by atoms with E-state index < -0.39 is 0 Å². The first kappa shape index (κ1) is 16.0. The van der Waals surface area contributed by atoms with Crippen molar-refractivity contribution in [2.45, 2.75) is 44.3 Å². The highest BCUT2D eigenvalue weighted by Crippen LogP contribution is 2.31. The van der Waals surface area contributed by atoms with Gasteiger partial charge in [-0.2, -0.15) is 0 Å². The summed E-state index contributed by atoms with van der Waals surface area (Å²) in [6, 6.07) is 7.85. The standard InChI is InChI=1S/C19H23N3O3/c1-20-10-2-4-16(20)12-21(14-6-7-14)18(23)13-22(15-8-9-15)19(24)17-5-3-11-25-17/h2-5,10-11,14-15H,6-9,12-13H2,1H3. The van der Waals surface area contributed by atoms with E-state index in [1.54, 1.807) is 17.0 Å². The molecular weight excluding hydrogens is 318 g/mol. The van der Waals surface area contributed by atoms with Gasteiger partial charge in [0.15, 0.2) is 5.76 Å². The summed E-state index contributed by atoms with van der Waals surface area (Å²) < 4.78 is 7.27. The Morgan fingerprint density at radius 1 is 1.12 bits per heavy atom. The number of carbonyl (C=O) groups excluding carboxylic acids is 2. The third kappa shape index (κ3) is 3.48. The van der Waals surface area contributed by atoms with Crippen LogP contribution in [-0.4, -0.2) is 44.8 Å². The number of aromatic nitrogens is 1. The van der Waals surface area contributed by atoms with Gasteiger partial charge in [0.2, 0.25) is 5.91 Å². The molecule has 2 aromatic heterocycles. The molecule has 132 valence electrons. The second-order valence-electron chi connectivity index (χ2n) is 7.00. The summed E-state index contributed by atoms with van der Waals surface area (Å²) in [6.07, 6.45) is 7.49. The Balaban J connectivity index is 1.47. The average molecular weight is 341 g/mol. The molecule has 0 aliphatic heterocycles. The Morgan fingerprint density at radius 3 is 2.40 bits per heavy atom. The van der Waals surface area contributed by atoms with E-state index in [1.165, 1.54) is 6.26 Å². The lowest BCUT2D eigenvalue weighted by Crippen LogP contribution is -2.44. The van der Waals surface area contributed by atoms with Crippen LogP contribution >= 0.6 is 0 Å². The Bertz CT molecular complexity index is 757. The lowest BCUT2D eigenvalue weighted by atomic mass is 10.3. The number of aryl methyl sites for hydroxylation is 1. The van der Waals surface area contributed by atoms with E-state index in [0.717, 1.165) is 31.4 Å².